The predicted octanol–water partition coefficient (Wildman–Crippen LogP) is 4.23. The molecule has 0 amide bonds. The maximum absolute atomic E-state index is 5.87. The Morgan fingerprint density at radius 3 is 2.79 bits per heavy atom. The lowest BCUT2D eigenvalue weighted by Gasteiger charge is -2.30. The molecule has 0 saturated carbocycles. The number of aromatic nitrogens is 1. The standard InChI is InChI=1S/C15H17ClN2S/c1-11(16)10-18-8-6-12(7-9-18)15-17-13-4-2-3-5-14(13)19-15/h2-5,12H,1,6-10H2. The maximum atomic E-state index is 5.87. The van der Waals surface area contributed by atoms with Crippen LogP contribution in [0.4, 0.5) is 0 Å². The average molecular weight is 293 g/mol. The van der Waals surface area contributed by atoms with E-state index in [0.717, 1.165) is 30.2 Å². The highest BCUT2D eigenvalue weighted by Gasteiger charge is 2.23. The van der Waals surface area contributed by atoms with Gasteiger partial charge in [0.05, 0.1) is 15.2 Å². The Bertz CT molecular complexity index is 552. The summed E-state index contributed by atoms with van der Waals surface area (Å²) in [6, 6.07) is 8.39. The van der Waals surface area contributed by atoms with Crippen LogP contribution in [-0.4, -0.2) is 29.5 Å². The van der Waals surface area contributed by atoms with Crippen molar-refractivity contribution in [2.45, 2.75) is 18.8 Å². The highest BCUT2D eigenvalue weighted by atomic mass is 35.5. The van der Waals surface area contributed by atoms with Gasteiger partial charge in [-0.1, -0.05) is 30.3 Å². The minimum atomic E-state index is 0.609. The molecule has 0 bridgehead atoms. The smallest absolute Gasteiger partial charge is 0.0970 e. The third kappa shape index (κ3) is 2.99. The summed E-state index contributed by atoms with van der Waals surface area (Å²) in [5, 5.41) is 2.03. The highest BCUT2D eigenvalue weighted by molar-refractivity contribution is 7.18. The second-order valence-electron chi connectivity index (χ2n) is 5.09. The van der Waals surface area contributed by atoms with Crippen molar-refractivity contribution < 1.29 is 0 Å². The molecule has 0 radical (unpaired) electrons. The van der Waals surface area contributed by atoms with Crippen LogP contribution in [0.1, 0.15) is 23.8 Å². The summed E-state index contributed by atoms with van der Waals surface area (Å²) in [7, 11) is 0. The summed E-state index contributed by atoms with van der Waals surface area (Å²) >= 11 is 7.72. The number of hydrogen-bond donors (Lipinski definition) is 0. The number of fused-ring (bicyclic) bond motifs is 1. The van der Waals surface area contributed by atoms with Gasteiger partial charge in [-0.15, -0.1) is 11.3 Å². The van der Waals surface area contributed by atoms with Crippen LogP contribution in [0.25, 0.3) is 10.2 Å². The maximum Gasteiger partial charge on any atom is 0.0970 e. The second-order valence-corrected chi connectivity index (χ2v) is 6.68. The van der Waals surface area contributed by atoms with Crippen LogP contribution in [0.2, 0.25) is 0 Å². The third-order valence-corrected chi connectivity index (χ3v) is 4.96. The minimum absolute atomic E-state index is 0.609. The first-order valence-electron chi connectivity index (χ1n) is 6.63. The minimum Gasteiger partial charge on any atom is -0.298 e. The van der Waals surface area contributed by atoms with Gasteiger partial charge in [0.15, 0.2) is 0 Å². The zero-order chi connectivity index (χ0) is 13.2. The first-order valence-corrected chi connectivity index (χ1v) is 7.83. The first-order chi connectivity index (χ1) is 9.22. The van der Waals surface area contributed by atoms with Gasteiger partial charge in [0.2, 0.25) is 0 Å². The largest absolute Gasteiger partial charge is 0.298 e. The van der Waals surface area contributed by atoms with E-state index >= 15 is 0 Å². The summed E-state index contributed by atoms with van der Waals surface area (Å²) in [6.45, 7) is 6.76. The number of piperidine rings is 1. The van der Waals surface area contributed by atoms with Crippen LogP contribution in [0, 0.1) is 0 Å². The number of rotatable bonds is 3. The summed E-state index contributed by atoms with van der Waals surface area (Å²) in [5.74, 6) is 0.609. The number of likely N-dealkylation sites (tertiary alicyclic amines) is 1. The van der Waals surface area contributed by atoms with E-state index in [2.05, 4.69) is 35.7 Å². The third-order valence-electron chi connectivity index (χ3n) is 3.64. The molecule has 1 aliphatic rings. The predicted molar refractivity (Wildman–Crippen MR) is 83.0 cm³/mol. The molecule has 2 nitrogen and oxygen atoms in total. The lowest BCUT2D eigenvalue weighted by atomic mass is 9.97. The van der Waals surface area contributed by atoms with E-state index in [1.807, 2.05) is 11.3 Å². The molecule has 2 aromatic rings. The van der Waals surface area contributed by atoms with Crippen molar-refractivity contribution in [1.29, 1.82) is 0 Å². The van der Waals surface area contributed by atoms with Gasteiger partial charge in [-0.25, -0.2) is 4.98 Å². The van der Waals surface area contributed by atoms with Crippen molar-refractivity contribution >= 4 is 33.2 Å². The van der Waals surface area contributed by atoms with Crippen molar-refractivity contribution in [2.24, 2.45) is 0 Å². The lowest BCUT2D eigenvalue weighted by Crippen LogP contribution is -2.33. The van der Waals surface area contributed by atoms with Crippen molar-refractivity contribution in [2.75, 3.05) is 19.6 Å². The highest BCUT2D eigenvalue weighted by Crippen LogP contribution is 2.33. The van der Waals surface area contributed by atoms with Crippen molar-refractivity contribution in [3.63, 3.8) is 0 Å². The van der Waals surface area contributed by atoms with Crippen LogP contribution in [0.5, 0.6) is 0 Å². The Labute approximate surface area is 122 Å². The number of nitrogens with zero attached hydrogens (tertiary/aromatic N) is 2. The Hall–Kier alpha value is -0.900. The fraction of sp³-hybridized carbons (Fsp3) is 0.400. The van der Waals surface area contributed by atoms with Gasteiger partial charge >= 0.3 is 0 Å². The summed E-state index contributed by atoms with van der Waals surface area (Å²) in [6.07, 6.45) is 2.34. The number of hydrogen-bond acceptors (Lipinski definition) is 3. The van der Waals surface area contributed by atoms with Crippen LogP contribution in [0.3, 0.4) is 0 Å². The molecule has 2 heterocycles. The Morgan fingerprint density at radius 2 is 2.11 bits per heavy atom. The molecular weight excluding hydrogens is 276 g/mol. The zero-order valence-corrected chi connectivity index (χ0v) is 12.4. The Morgan fingerprint density at radius 1 is 1.37 bits per heavy atom. The van der Waals surface area contributed by atoms with Gasteiger partial charge in [-0.2, -0.15) is 0 Å². The van der Waals surface area contributed by atoms with Gasteiger partial charge in [0.1, 0.15) is 0 Å². The molecule has 0 aliphatic carbocycles. The summed E-state index contributed by atoms with van der Waals surface area (Å²) in [4.78, 5) is 7.15. The Kier molecular flexibility index (Phi) is 3.87. The topological polar surface area (TPSA) is 16.1 Å². The van der Waals surface area contributed by atoms with E-state index in [0.29, 0.717) is 5.92 Å². The van der Waals surface area contributed by atoms with Gasteiger partial charge in [0, 0.05) is 17.5 Å². The van der Waals surface area contributed by atoms with E-state index in [9.17, 15) is 0 Å². The molecule has 1 saturated heterocycles. The fourth-order valence-corrected chi connectivity index (χ4v) is 3.95. The normalized spacial score (nSPS) is 17.9. The number of halogens is 1. The van der Waals surface area contributed by atoms with Crippen LogP contribution in [-0.2, 0) is 0 Å². The molecular formula is C15H17ClN2S. The molecule has 1 aromatic carbocycles. The van der Waals surface area contributed by atoms with E-state index in [-0.39, 0.29) is 0 Å². The van der Waals surface area contributed by atoms with Crippen LogP contribution < -0.4 is 0 Å². The molecule has 1 aromatic heterocycles. The zero-order valence-electron chi connectivity index (χ0n) is 10.8. The molecule has 1 aliphatic heterocycles. The van der Waals surface area contributed by atoms with E-state index in [4.69, 9.17) is 16.6 Å². The van der Waals surface area contributed by atoms with Crippen molar-refractivity contribution in [1.82, 2.24) is 9.88 Å². The van der Waals surface area contributed by atoms with Gasteiger partial charge in [0.25, 0.3) is 0 Å². The van der Waals surface area contributed by atoms with E-state index < -0.39 is 0 Å². The van der Waals surface area contributed by atoms with Gasteiger partial charge < -0.3 is 0 Å². The Balaban J connectivity index is 1.69. The molecule has 19 heavy (non-hydrogen) atoms. The molecule has 1 fully saturated rings. The van der Waals surface area contributed by atoms with Crippen LogP contribution in [0.15, 0.2) is 35.9 Å². The second kappa shape index (κ2) is 5.61. The van der Waals surface area contributed by atoms with E-state index in [1.165, 1.54) is 22.5 Å². The first kappa shape index (κ1) is 13.1. The molecule has 0 N–H and O–H groups in total. The monoisotopic (exact) mass is 292 g/mol. The van der Waals surface area contributed by atoms with Gasteiger partial charge in [-0.05, 0) is 38.1 Å². The number of thiazole rings is 1. The molecule has 3 rings (SSSR count). The quantitative estimate of drug-likeness (QED) is 0.842. The fourth-order valence-electron chi connectivity index (χ4n) is 2.65. The number of para-hydroxylation sites is 1. The molecule has 100 valence electrons. The number of benzene rings is 1. The van der Waals surface area contributed by atoms with Crippen molar-refractivity contribution in [3.8, 4) is 0 Å². The molecule has 4 heteroatoms. The van der Waals surface area contributed by atoms with Crippen molar-refractivity contribution in [3.05, 3.63) is 40.9 Å². The van der Waals surface area contributed by atoms with E-state index in [1.54, 1.807) is 0 Å². The SMILES string of the molecule is C=C(Cl)CN1CCC(c2nc3ccccc3s2)CC1. The summed E-state index contributed by atoms with van der Waals surface area (Å²) < 4.78 is 1.30. The summed E-state index contributed by atoms with van der Waals surface area (Å²) in [5.41, 5.74) is 1.14. The average Bonchev–Trinajstić information content (AvgIpc) is 2.82. The molecule has 0 spiro atoms. The van der Waals surface area contributed by atoms with Crippen LogP contribution >= 0.6 is 22.9 Å². The van der Waals surface area contributed by atoms with Gasteiger partial charge in [-0.3, -0.25) is 4.90 Å². The molecule has 0 atom stereocenters. The molecule has 0 unspecified atom stereocenters. The lowest BCUT2D eigenvalue weighted by molar-refractivity contribution is 0.231.